The summed E-state index contributed by atoms with van der Waals surface area (Å²) in [5, 5.41) is 2.76. The van der Waals surface area contributed by atoms with Crippen LogP contribution in [0.25, 0.3) is 0 Å². The van der Waals surface area contributed by atoms with Crippen molar-refractivity contribution < 1.29 is 23.9 Å². The second-order valence-electron chi connectivity index (χ2n) is 7.20. The van der Waals surface area contributed by atoms with E-state index in [0.29, 0.717) is 38.7 Å². The number of aryl methyl sites for hydroxylation is 1. The predicted molar refractivity (Wildman–Crippen MR) is 110 cm³/mol. The fraction of sp³-hybridized carbons (Fsp3) is 0.524. The zero-order valence-corrected chi connectivity index (χ0v) is 17.6. The van der Waals surface area contributed by atoms with Gasteiger partial charge in [-0.05, 0) is 26.3 Å². The highest BCUT2D eigenvalue weighted by Gasteiger charge is 2.42. The summed E-state index contributed by atoms with van der Waals surface area (Å²) >= 11 is 0. The van der Waals surface area contributed by atoms with E-state index < -0.39 is 23.8 Å². The molecule has 0 spiro atoms. The van der Waals surface area contributed by atoms with Crippen LogP contribution in [-0.2, 0) is 19.1 Å². The minimum Gasteiger partial charge on any atom is -0.465 e. The van der Waals surface area contributed by atoms with E-state index in [0.717, 1.165) is 11.1 Å². The van der Waals surface area contributed by atoms with Crippen LogP contribution < -0.4 is 5.32 Å². The Balaban J connectivity index is 1.82. The summed E-state index contributed by atoms with van der Waals surface area (Å²) < 4.78 is 10.2. The second-order valence-corrected chi connectivity index (χ2v) is 7.20. The van der Waals surface area contributed by atoms with Gasteiger partial charge in [0.25, 0.3) is 0 Å². The Bertz CT molecular complexity index is 815. The Morgan fingerprint density at radius 3 is 2.30 bits per heavy atom. The number of aliphatic imine (C=N–C) groups is 1. The smallest absolute Gasteiger partial charge is 0.409 e. The summed E-state index contributed by atoms with van der Waals surface area (Å²) in [4.78, 5) is 45.5. The van der Waals surface area contributed by atoms with Crippen LogP contribution >= 0.6 is 0 Å². The van der Waals surface area contributed by atoms with Gasteiger partial charge in [-0.25, -0.2) is 9.79 Å². The van der Waals surface area contributed by atoms with E-state index in [1.807, 2.05) is 36.1 Å². The van der Waals surface area contributed by atoms with Gasteiger partial charge in [0.2, 0.25) is 11.9 Å². The first-order valence-corrected chi connectivity index (χ1v) is 10.2. The molecule has 0 aliphatic carbocycles. The molecule has 9 heteroatoms. The molecule has 2 aliphatic heterocycles. The van der Waals surface area contributed by atoms with Crippen molar-refractivity contribution in [2.75, 3.05) is 39.4 Å². The quantitative estimate of drug-likeness (QED) is 0.589. The maximum Gasteiger partial charge on any atom is 0.409 e. The van der Waals surface area contributed by atoms with E-state index in [2.05, 4.69) is 5.32 Å². The van der Waals surface area contributed by atoms with Crippen molar-refractivity contribution in [3.63, 3.8) is 0 Å². The molecular formula is C21H28N4O5. The van der Waals surface area contributed by atoms with Crippen LogP contribution in [0.5, 0.6) is 0 Å². The first kappa shape index (κ1) is 21.6. The van der Waals surface area contributed by atoms with Crippen LogP contribution in [0, 0.1) is 12.8 Å². The molecule has 1 aromatic carbocycles. The third kappa shape index (κ3) is 4.72. The lowest BCUT2D eigenvalue weighted by molar-refractivity contribution is -0.153. The summed E-state index contributed by atoms with van der Waals surface area (Å²) in [6.45, 7) is 7.89. The molecule has 1 aromatic rings. The van der Waals surface area contributed by atoms with Gasteiger partial charge in [0.05, 0.1) is 13.2 Å². The van der Waals surface area contributed by atoms with E-state index >= 15 is 0 Å². The van der Waals surface area contributed by atoms with Crippen LogP contribution in [0.15, 0.2) is 29.3 Å². The largest absolute Gasteiger partial charge is 0.465 e. The van der Waals surface area contributed by atoms with Crippen molar-refractivity contribution in [2.45, 2.75) is 26.8 Å². The van der Waals surface area contributed by atoms with Gasteiger partial charge in [-0.15, -0.1) is 0 Å². The van der Waals surface area contributed by atoms with Gasteiger partial charge < -0.3 is 19.3 Å². The Hall–Kier alpha value is -3.10. The first-order chi connectivity index (χ1) is 14.4. The number of piperazine rings is 1. The van der Waals surface area contributed by atoms with E-state index in [1.54, 1.807) is 18.7 Å². The van der Waals surface area contributed by atoms with E-state index in [9.17, 15) is 14.4 Å². The number of ether oxygens (including phenoxy) is 2. The van der Waals surface area contributed by atoms with Gasteiger partial charge >= 0.3 is 12.1 Å². The molecule has 30 heavy (non-hydrogen) atoms. The van der Waals surface area contributed by atoms with Crippen molar-refractivity contribution in [2.24, 2.45) is 10.9 Å². The van der Waals surface area contributed by atoms with Crippen molar-refractivity contribution in [1.29, 1.82) is 0 Å². The van der Waals surface area contributed by atoms with E-state index in [1.165, 1.54) is 0 Å². The molecule has 2 atom stereocenters. The molecule has 1 saturated heterocycles. The summed E-state index contributed by atoms with van der Waals surface area (Å²) in [6, 6.07) is 6.95. The van der Waals surface area contributed by atoms with Crippen molar-refractivity contribution >= 4 is 23.9 Å². The number of rotatable bonds is 4. The summed E-state index contributed by atoms with van der Waals surface area (Å²) in [5.41, 5.74) is 1.85. The highest BCUT2D eigenvalue weighted by atomic mass is 16.6. The number of carbonyl (C=O) groups excluding carboxylic acids is 3. The molecule has 2 aliphatic rings. The molecular weight excluding hydrogens is 388 g/mol. The highest BCUT2D eigenvalue weighted by Crippen LogP contribution is 2.31. The maximum absolute atomic E-state index is 12.9. The molecule has 0 radical (unpaired) electrons. The number of amides is 2. The Kier molecular flexibility index (Phi) is 6.91. The average Bonchev–Trinajstić information content (AvgIpc) is 2.74. The maximum atomic E-state index is 12.9. The highest BCUT2D eigenvalue weighted by molar-refractivity contribution is 6.08. The van der Waals surface area contributed by atoms with Crippen LogP contribution in [0.1, 0.15) is 31.0 Å². The topological polar surface area (TPSA) is 101 Å². The van der Waals surface area contributed by atoms with Gasteiger partial charge in [-0.2, -0.15) is 0 Å². The summed E-state index contributed by atoms with van der Waals surface area (Å²) in [5.74, 6) is -1.65. The number of esters is 1. The molecule has 9 nitrogen and oxygen atoms in total. The fourth-order valence-corrected chi connectivity index (χ4v) is 3.54. The molecule has 2 amide bonds. The molecule has 1 N–H and O–H groups in total. The number of guanidine groups is 1. The Morgan fingerprint density at radius 2 is 1.70 bits per heavy atom. The fourth-order valence-electron chi connectivity index (χ4n) is 3.54. The molecule has 0 bridgehead atoms. The SMILES string of the molecule is CCOC(=O)C1C(=O)NC(N2CCN(C(=O)OCC)CC2)=NC1c1ccc(C)cc1. The van der Waals surface area contributed by atoms with Crippen molar-refractivity contribution in [3.05, 3.63) is 35.4 Å². The van der Waals surface area contributed by atoms with E-state index in [4.69, 9.17) is 14.5 Å². The number of nitrogens with one attached hydrogen (secondary N) is 1. The number of hydrogen-bond acceptors (Lipinski definition) is 7. The molecule has 3 rings (SSSR count). The molecule has 2 unspecified atom stereocenters. The van der Waals surface area contributed by atoms with E-state index in [-0.39, 0.29) is 12.7 Å². The predicted octanol–water partition coefficient (Wildman–Crippen LogP) is 1.48. The lowest BCUT2D eigenvalue weighted by Crippen LogP contribution is -2.58. The van der Waals surface area contributed by atoms with Crippen LogP contribution in [0.3, 0.4) is 0 Å². The van der Waals surface area contributed by atoms with Crippen LogP contribution in [-0.4, -0.2) is 73.1 Å². The van der Waals surface area contributed by atoms with Crippen molar-refractivity contribution in [1.82, 2.24) is 15.1 Å². The third-order valence-corrected chi connectivity index (χ3v) is 5.16. The Labute approximate surface area is 176 Å². The number of hydrogen-bond donors (Lipinski definition) is 1. The molecule has 162 valence electrons. The number of carbonyl (C=O) groups is 3. The zero-order valence-electron chi connectivity index (χ0n) is 17.6. The number of benzene rings is 1. The lowest BCUT2D eigenvalue weighted by Gasteiger charge is -2.38. The van der Waals surface area contributed by atoms with Crippen LogP contribution in [0.2, 0.25) is 0 Å². The standard InChI is InChI=1S/C21H28N4O5/c1-4-29-19(27)16-17(15-8-6-14(3)7-9-15)22-20(23-18(16)26)24-10-12-25(13-11-24)21(28)30-5-2/h6-9,16-17H,4-5,10-13H2,1-3H3,(H,22,23,26). The van der Waals surface area contributed by atoms with Crippen LogP contribution in [0.4, 0.5) is 4.79 Å². The summed E-state index contributed by atoms with van der Waals surface area (Å²) in [7, 11) is 0. The molecule has 2 heterocycles. The number of nitrogens with zero attached hydrogens (tertiary/aromatic N) is 3. The summed E-state index contributed by atoms with van der Waals surface area (Å²) in [6.07, 6.45) is -0.341. The second kappa shape index (κ2) is 9.60. The monoisotopic (exact) mass is 416 g/mol. The minimum absolute atomic E-state index is 0.190. The molecule has 1 fully saturated rings. The minimum atomic E-state index is -1.04. The third-order valence-electron chi connectivity index (χ3n) is 5.16. The Morgan fingerprint density at radius 1 is 1.07 bits per heavy atom. The zero-order chi connectivity index (χ0) is 21.7. The van der Waals surface area contributed by atoms with Gasteiger partial charge in [-0.3, -0.25) is 14.9 Å². The van der Waals surface area contributed by atoms with Crippen molar-refractivity contribution in [3.8, 4) is 0 Å². The lowest BCUT2D eigenvalue weighted by atomic mass is 9.91. The average molecular weight is 416 g/mol. The molecule has 0 aromatic heterocycles. The van der Waals surface area contributed by atoms with Gasteiger partial charge in [-0.1, -0.05) is 29.8 Å². The van der Waals surface area contributed by atoms with Gasteiger partial charge in [0.15, 0.2) is 5.92 Å². The molecule has 0 saturated carbocycles. The first-order valence-electron chi connectivity index (χ1n) is 10.2. The normalized spacial score (nSPS) is 21.6. The van der Waals surface area contributed by atoms with Gasteiger partial charge in [0, 0.05) is 26.2 Å². The van der Waals surface area contributed by atoms with Gasteiger partial charge in [0.1, 0.15) is 6.04 Å².